The number of fused-ring (bicyclic) bond motifs is 1. The highest BCUT2D eigenvalue weighted by atomic mass is 19.4. The number of alkyl halides is 3. The van der Waals surface area contributed by atoms with Gasteiger partial charge in [0.25, 0.3) is 5.91 Å². The van der Waals surface area contributed by atoms with E-state index in [1.54, 1.807) is 7.11 Å². The summed E-state index contributed by atoms with van der Waals surface area (Å²) in [6, 6.07) is 15.9. The van der Waals surface area contributed by atoms with Gasteiger partial charge in [-0.15, -0.1) is 0 Å². The number of halogens is 3. The Balaban J connectivity index is 1.77. The zero-order valence-electron chi connectivity index (χ0n) is 13.9. The van der Waals surface area contributed by atoms with E-state index in [0.29, 0.717) is 0 Å². The van der Waals surface area contributed by atoms with Crippen molar-refractivity contribution in [3.8, 4) is 5.75 Å². The molecule has 26 heavy (non-hydrogen) atoms. The lowest BCUT2D eigenvalue weighted by Gasteiger charge is -2.13. The van der Waals surface area contributed by atoms with Crippen LogP contribution in [0.4, 0.5) is 13.2 Å². The van der Waals surface area contributed by atoms with E-state index >= 15 is 0 Å². The Labute approximate surface area is 148 Å². The van der Waals surface area contributed by atoms with Gasteiger partial charge in [0.15, 0.2) is 0 Å². The monoisotopic (exact) mass is 359 g/mol. The van der Waals surface area contributed by atoms with Crippen LogP contribution in [-0.4, -0.2) is 13.0 Å². The van der Waals surface area contributed by atoms with Crippen molar-refractivity contribution in [2.75, 3.05) is 7.11 Å². The molecular formula is C20H16F3NO2. The van der Waals surface area contributed by atoms with Crippen LogP contribution in [0.5, 0.6) is 5.75 Å². The van der Waals surface area contributed by atoms with Gasteiger partial charge in [0.1, 0.15) is 5.75 Å². The predicted molar refractivity (Wildman–Crippen MR) is 93.1 cm³/mol. The predicted octanol–water partition coefficient (Wildman–Crippen LogP) is 4.80. The van der Waals surface area contributed by atoms with E-state index < -0.39 is 17.6 Å². The van der Waals surface area contributed by atoms with Gasteiger partial charge in [-0.2, -0.15) is 13.2 Å². The van der Waals surface area contributed by atoms with Crippen LogP contribution in [0.15, 0.2) is 60.7 Å². The number of methoxy groups -OCH3 is 1. The molecule has 6 heteroatoms. The molecule has 0 unspecified atom stereocenters. The van der Waals surface area contributed by atoms with Crippen LogP contribution in [-0.2, 0) is 12.7 Å². The molecule has 134 valence electrons. The van der Waals surface area contributed by atoms with Crippen molar-refractivity contribution < 1.29 is 22.7 Å². The number of amides is 1. The van der Waals surface area contributed by atoms with Crippen LogP contribution in [0.2, 0.25) is 0 Å². The van der Waals surface area contributed by atoms with Crippen molar-refractivity contribution in [3.05, 3.63) is 77.4 Å². The van der Waals surface area contributed by atoms with Crippen LogP contribution < -0.4 is 10.1 Å². The molecule has 0 aromatic heterocycles. The van der Waals surface area contributed by atoms with E-state index in [-0.39, 0.29) is 12.1 Å². The molecule has 3 aromatic carbocycles. The van der Waals surface area contributed by atoms with E-state index in [0.717, 1.165) is 28.2 Å². The van der Waals surface area contributed by atoms with Gasteiger partial charge in [0.2, 0.25) is 0 Å². The molecule has 0 fully saturated rings. The summed E-state index contributed by atoms with van der Waals surface area (Å²) in [5, 5.41) is 4.48. The van der Waals surface area contributed by atoms with E-state index in [4.69, 9.17) is 4.74 Å². The first-order valence-electron chi connectivity index (χ1n) is 7.89. The van der Waals surface area contributed by atoms with Gasteiger partial charge in [-0.25, -0.2) is 0 Å². The Hall–Kier alpha value is -3.02. The molecule has 0 aliphatic carbocycles. The highest BCUT2D eigenvalue weighted by Crippen LogP contribution is 2.31. The van der Waals surface area contributed by atoms with Gasteiger partial charge in [-0.3, -0.25) is 4.79 Å². The van der Waals surface area contributed by atoms with Crippen LogP contribution in [0.25, 0.3) is 10.8 Å². The number of nitrogens with one attached hydrogen (secondary N) is 1. The topological polar surface area (TPSA) is 38.3 Å². The van der Waals surface area contributed by atoms with Gasteiger partial charge in [0.05, 0.1) is 18.2 Å². The fraction of sp³-hybridized carbons (Fsp3) is 0.150. The average molecular weight is 359 g/mol. The van der Waals surface area contributed by atoms with E-state index in [1.165, 1.54) is 18.2 Å². The maximum Gasteiger partial charge on any atom is 0.417 e. The first-order chi connectivity index (χ1) is 12.4. The van der Waals surface area contributed by atoms with Gasteiger partial charge >= 0.3 is 6.18 Å². The summed E-state index contributed by atoms with van der Waals surface area (Å²) in [5.74, 6) is -0.0185. The number of hydrogen-bond acceptors (Lipinski definition) is 2. The highest BCUT2D eigenvalue weighted by Gasteiger charge is 2.34. The minimum atomic E-state index is -4.57. The lowest BCUT2D eigenvalue weighted by molar-refractivity contribution is -0.137. The Kier molecular flexibility index (Phi) is 4.84. The molecule has 0 aliphatic rings. The van der Waals surface area contributed by atoms with E-state index in [2.05, 4.69) is 5.32 Å². The van der Waals surface area contributed by atoms with Crippen LogP contribution in [0, 0.1) is 0 Å². The molecule has 3 nitrogen and oxygen atoms in total. The Morgan fingerprint density at radius 2 is 1.69 bits per heavy atom. The van der Waals surface area contributed by atoms with Gasteiger partial charge in [-0.05, 0) is 46.7 Å². The summed E-state index contributed by atoms with van der Waals surface area (Å²) in [6.07, 6.45) is -4.57. The summed E-state index contributed by atoms with van der Waals surface area (Å²) in [6.45, 7) is 0.132. The van der Waals surface area contributed by atoms with Crippen molar-refractivity contribution >= 4 is 16.7 Å². The number of benzene rings is 3. The third kappa shape index (κ3) is 3.79. The lowest BCUT2D eigenvalue weighted by atomic mass is 10.1. The number of hydrogen-bond donors (Lipinski definition) is 1. The Morgan fingerprint density at radius 1 is 1.00 bits per heavy atom. The van der Waals surface area contributed by atoms with Gasteiger partial charge in [-0.1, -0.05) is 30.3 Å². The molecule has 0 bridgehead atoms. The SMILES string of the molecule is COc1ccc2cc(CNC(=O)c3ccccc3C(F)(F)F)ccc2c1. The molecular weight excluding hydrogens is 343 g/mol. The number of carbonyl (C=O) groups is 1. The average Bonchev–Trinajstić information content (AvgIpc) is 2.64. The molecule has 3 aromatic rings. The molecule has 1 amide bonds. The molecule has 0 spiro atoms. The molecule has 3 rings (SSSR count). The zero-order valence-corrected chi connectivity index (χ0v) is 13.9. The van der Waals surface area contributed by atoms with Crippen molar-refractivity contribution in [2.24, 2.45) is 0 Å². The van der Waals surface area contributed by atoms with Gasteiger partial charge in [0, 0.05) is 6.54 Å². The first-order valence-corrected chi connectivity index (χ1v) is 7.89. The van der Waals surface area contributed by atoms with Crippen LogP contribution in [0.3, 0.4) is 0 Å². The smallest absolute Gasteiger partial charge is 0.417 e. The standard InChI is InChI=1S/C20H16F3NO2/c1-26-16-9-8-14-10-13(6-7-15(14)11-16)12-24-19(25)17-4-2-3-5-18(17)20(21,22)23/h2-11H,12H2,1H3,(H,24,25). The fourth-order valence-corrected chi connectivity index (χ4v) is 2.72. The minimum Gasteiger partial charge on any atom is -0.497 e. The highest BCUT2D eigenvalue weighted by molar-refractivity contribution is 5.96. The second-order valence-electron chi connectivity index (χ2n) is 5.77. The summed E-state index contributed by atoms with van der Waals surface area (Å²) in [4.78, 5) is 12.2. The number of carbonyl (C=O) groups excluding carboxylic acids is 1. The zero-order chi connectivity index (χ0) is 18.7. The normalized spacial score (nSPS) is 11.4. The Bertz CT molecular complexity index is 951. The minimum absolute atomic E-state index is 0.132. The van der Waals surface area contributed by atoms with E-state index in [1.807, 2.05) is 36.4 Å². The largest absolute Gasteiger partial charge is 0.497 e. The maximum atomic E-state index is 13.0. The quantitative estimate of drug-likeness (QED) is 0.727. The first kappa shape index (κ1) is 17.8. The summed E-state index contributed by atoms with van der Waals surface area (Å²) >= 11 is 0. The summed E-state index contributed by atoms with van der Waals surface area (Å²) in [7, 11) is 1.59. The third-order valence-corrected chi connectivity index (χ3v) is 4.04. The molecule has 0 heterocycles. The summed E-state index contributed by atoms with van der Waals surface area (Å²) < 4.78 is 44.2. The molecule has 0 saturated heterocycles. The molecule has 0 atom stereocenters. The van der Waals surface area contributed by atoms with Crippen molar-refractivity contribution in [3.63, 3.8) is 0 Å². The van der Waals surface area contributed by atoms with Crippen molar-refractivity contribution in [2.45, 2.75) is 12.7 Å². The fourth-order valence-electron chi connectivity index (χ4n) is 2.72. The van der Waals surface area contributed by atoms with Crippen molar-refractivity contribution in [1.29, 1.82) is 0 Å². The second kappa shape index (κ2) is 7.07. The third-order valence-electron chi connectivity index (χ3n) is 4.04. The molecule has 1 N–H and O–H groups in total. The number of ether oxygens (including phenoxy) is 1. The van der Waals surface area contributed by atoms with Crippen LogP contribution in [0.1, 0.15) is 21.5 Å². The maximum absolute atomic E-state index is 13.0. The van der Waals surface area contributed by atoms with Crippen molar-refractivity contribution in [1.82, 2.24) is 5.32 Å². The van der Waals surface area contributed by atoms with E-state index in [9.17, 15) is 18.0 Å². The van der Waals surface area contributed by atoms with Gasteiger partial charge < -0.3 is 10.1 Å². The van der Waals surface area contributed by atoms with Crippen LogP contribution >= 0.6 is 0 Å². The Morgan fingerprint density at radius 3 is 2.42 bits per heavy atom. The lowest BCUT2D eigenvalue weighted by Crippen LogP contribution is -2.25. The second-order valence-corrected chi connectivity index (χ2v) is 5.77. The molecule has 0 aliphatic heterocycles. The molecule has 0 saturated carbocycles. The summed E-state index contributed by atoms with van der Waals surface area (Å²) in [5.41, 5.74) is -0.533. The number of rotatable bonds is 4. The molecule has 0 radical (unpaired) electrons.